The molecule has 6 heteroatoms. The molecule has 0 amide bonds. The summed E-state index contributed by atoms with van der Waals surface area (Å²) in [5, 5.41) is 0. The molecule has 0 radical (unpaired) electrons. The number of ether oxygens (including phenoxy) is 5. The van der Waals surface area contributed by atoms with Gasteiger partial charge in [0.15, 0.2) is 11.5 Å². The second kappa shape index (κ2) is 47.7. The van der Waals surface area contributed by atoms with Crippen molar-refractivity contribution in [3.8, 4) is 23.0 Å². The van der Waals surface area contributed by atoms with Crippen molar-refractivity contribution in [1.82, 2.24) is 0 Å². The molecule has 0 aromatic heterocycles. The third-order valence-electron chi connectivity index (χ3n) is 12.9. The molecule has 0 saturated heterocycles. The molecule has 1 rings (SSSR count). The van der Waals surface area contributed by atoms with Crippen LogP contribution in [0, 0.1) is 0 Å². The minimum atomic E-state index is -0.368. The van der Waals surface area contributed by atoms with Crippen molar-refractivity contribution in [1.29, 1.82) is 0 Å². The Hall–Kier alpha value is -2.37. The van der Waals surface area contributed by atoms with Gasteiger partial charge in [0.05, 0.1) is 32.5 Å². The number of carbonyl (C=O) groups excluding carboxylic acids is 1. The predicted octanol–water partition coefficient (Wildman–Crippen LogP) is 19.9. The average molecular weight is 928 g/mol. The van der Waals surface area contributed by atoms with Crippen LogP contribution in [-0.2, 0) is 9.53 Å². The van der Waals surface area contributed by atoms with Crippen molar-refractivity contribution in [2.45, 2.75) is 304 Å². The topological polar surface area (TPSA) is 63.2 Å². The van der Waals surface area contributed by atoms with Crippen LogP contribution < -0.4 is 18.9 Å². The second-order valence-corrected chi connectivity index (χ2v) is 19.9. The molecule has 0 unspecified atom stereocenters. The van der Waals surface area contributed by atoms with Gasteiger partial charge in [-0.1, -0.05) is 259 Å². The molecule has 1 aromatic rings. The molecule has 0 aliphatic heterocycles. The molecule has 66 heavy (non-hydrogen) atoms. The van der Waals surface area contributed by atoms with E-state index in [1.54, 1.807) is 0 Å². The predicted molar refractivity (Wildman–Crippen MR) is 286 cm³/mol. The summed E-state index contributed by atoms with van der Waals surface area (Å²) < 4.78 is 32.6. The zero-order valence-corrected chi connectivity index (χ0v) is 44.9. The van der Waals surface area contributed by atoms with E-state index in [1.165, 1.54) is 212 Å². The largest absolute Gasteiger partial charge is 0.490 e. The summed E-state index contributed by atoms with van der Waals surface area (Å²) in [6, 6.07) is 2.02. The Balaban J connectivity index is 3.28. The van der Waals surface area contributed by atoms with Gasteiger partial charge in [-0.05, 0) is 51.7 Å². The van der Waals surface area contributed by atoms with Crippen LogP contribution in [0.25, 0.3) is 6.08 Å². The summed E-state index contributed by atoms with van der Waals surface area (Å²) in [5.41, 5.74) is 0.769. The molecule has 0 fully saturated rings. The lowest BCUT2D eigenvalue weighted by molar-refractivity contribution is -0.141. The maximum Gasteiger partial charge on any atom is 0.331 e. The van der Waals surface area contributed by atoms with Crippen LogP contribution in [0.3, 0.4) is 0 Å². The van der Waals surface area contributed by atoms with E-state index in [2.05, 4.69) is 27.7 Å². The van der Waals surface area contributed by atoms with E-state index >= 15 is 0 Å². The quantitative estimate of drug-likeness (QED) is 0.0368. The highest BCUT2D eigenvalue weighted by atomic mass is 16.6. The summed E-state index contributed by atoms with van der Waals surface area (Å²) in [5.74, 6) is 2.25. The van der Waals surface area contributed by atoms with Crippen molar-refractivity contribution in [2.75, 3.05) is 26.4 Å². The van der Waals surface area contributed by atoms with Crippen molar-refractivity contribution in [3.63, 3.8) is 0 Å². The Labute approximate surface area is 410 Å². The first-order valence-corrected chi connectivity index (χ1v) is 29.1. The van der Waals surface area contributed by atoms with Crippen LogP contribution in [0.1, 0.15) is 304 Å². The molecule has 0 saturated carbocycles. The molecule has 0 bridgehead atoms. The van der Waals surface area contributed by atoms with E-state index in [0.717, 1.165) is 56.9 Å². The zero-order chi connectivity index (χ0) is 47.8. The summed E-state index contributed by atoms with van der Waals surface area (Å²) in [4.78, 5) is 12.9. The molecule has 6 nitrogen and oxygen atoms in total. The SMILES string of the molecule is CCCCCCCCCCCCOc1cc(C=CC(=O)OC(C)C)c(OCCCCCCCCCCCC)c(OCCCCCCCCCCCC)c1OCCCCCCCCCCCC. The Morgan fingerprint density at radius 3 is 0.970 bits per heavy atom. The van der Waals surface area contributed by atoms with E-state index in [9.17, 15) is 4.79 Å². The molecule has 0 heterocycles. The highest BCUT2D eigenvalue weighted by molar-refractivity contribution is 5.88. The number of unbranched alkanes of at least 4 members (excludes halogenated alkanes) is 36. The summed E-state index contributed by atoms with van der Waals surface area (Å²) in [6.45, 7) is 15.3. The average Bonchev–Trinajstić information content (AvgIpc) is 3.30. The van der Waals surface area contributed by atoms with Gasteiger partial charge in [-0.2, -0.15) is 0 Å². The first-order chi connectivity index (χ1) is 32.5. The van der Waals surface area contributed by atoms with E-state index in [4.69, 9.17) is 23.7 Å². The maximum absolute atomic E-state index is 12.9. The maximum atomic E-state index is 12.9. The first kappa shape index (κ1) is 61.6. The minimum absolute atomic E-state index is 0.198. The fourth-order valence-electron chi connectivity index (χ4n) is 8.76. The van der Waals surface area contributed by atoms with Crippen molar-refractivity contribution < 1.29 is 28.5 Å². The second-order valence-electron chi connectivity index (χ2n) is 19.9. The molecule has 0 aliphatic carbocycles. The number of rotatable bonds is 51. The summed E-state index contributed by atoms with van der Waals surface area (Å²) in [6.07, 6.45) is 54.1. The normalized spacial score (nSPS) is 11.6. The van der Waals surface area contributed by atoms with Crippen LogP contribution in [0.4, 0.5) is 0 Å². The molecular weight excluding hydrogens is 817 g/mol. The number of carbonyl (C=O) groups is 1. The van der Waals surface area contributed by atoms with Gasteiger partial charge in [0.25, 0.3) is 0 Å². The van der Waals surface area contributed by atoms with Gasteiger partial charge < -0.3 is 23.7 Å². The fraction of sp³-hybridized carbons (Fsp3) is 0.850. The molecule has 0 spiro atoms. The van der Waals surface area contributed by atoms with Gasteiger partial charge >= 0.3 is 5.97 Å². The van der Waals surface area contributed by atoms with Crippen LogP contribution in [0.2, 0.25) is 0 Å². The molecule has 1 aromatic carbocycles. The standard InChI is InChI=1S/C60H110O6/c1-7-11-15-19-23-27-31-35-39-43-49-62-56-53-55(47-48-57(61)66-54(5)6)58(63-50-44-40-36-32-28-24-20-16-12-8-2)60(65-52-46-42-38-34-30-26-22-18-14-10-4)59(56)64-51-45-41-37-33-29-25-21-17-13-9-3/h47-48,53-54H,7-46,49-52H2,1-6H3. The monoisotopic (exact) mass is 927 g/mol. The van der Waals surface area contributed by atoms with Gasteiger partial charge in [0, 0.05) is 11.6 Å². The van der Waals surface area contributed by atoms with E-state index in [-0.39, 0.29) is 12.1 Å². The van der Waals surface area contributed by atoms with Crippen molar-refractivity contribution >= 4 is 12.0 Å². The summed E-state index contributed by atoms with van der Waals surface area (Å²) in [7, 11) is 0. The third-order valence-corrected chi connectivity index (χ3v) is 12.9. The number of hydrogen-bond acceptors (Lipinski definition) is 6. The third kappa shape index (κ3) is 36.6. The smallest absolute Gasteiger partial charge is 0.331 e. The minimum Gasteiger partial charge on any atom is -0.490 e. The van der Waals surface area contributed by atoms with Gasteiger partial charge in [-0.25, -0.2) is 4.79 Å². The Kier molecular flexibility index (Phi) is 44.5. The van der Waals surface area contributed by atoms with E-state index in [1.807, 2.05) is 26.0 Å². The molecule has 0 N–H and O–H groups in total. The Morgan fingerprint density at radius 2 is 0.652 bits per heavy atom. The van der Waals surface area contributed by atoms with E-state index in [0.29, 0.717) is 49.4 Å². The number of hydrogen-bond donors (Lipinski definition) is 0. The van der Waals surface area contributed by atoms with Crippen molar-refractivity contribution in [3.05, 3.63) is 17.7 Å². The lowest BCUT2D eigenvalue weighted by Crippen LogP contribution is -2.10. The van der Waals surface area contributed by atoms with E-state index < -0.39 is 0 Å². The Morgan fingerprint density at radius 1 is 0.379 bits per heavy atom. The van der Waals surface area contributed by atoms with Gasteiger partial charge in [-0.15, -0.1) is 0 Å². The Bertz CT molecular complexity index is 1230. The van der Waals surface area contributed by atoms with Gasteiger partial charge in [0.2, 0.25) is 11.5 Å². The van der Waals surface area contributed by atoms with Gasteiger partial charge in [-0.3, -0.25) is 0 Å². The number of esters is 1. The zero-order valence-electron chi connectivity index (χ0n) is 44.9. The lowest BCUT2D eigenvalue weighted by Gasteiger charge is -2.22. The highest BCUT2D eigenvalue weighted by Crippen LogP contribution is 2.48. The van der Waals surface area contributed by atoms with Crippen LogP contribution in [0.15, 0.2) is 12.1 Å². The fourth-order valence-corrected chi connectivity index (χ4v) is 8.76. The lowest BCUT2D eigenvalue weighted by atomic mass is 10.1. The van der Waals surface area contributed by atoms with Crippen molar-refractivity contribution in [2.24, 2.45) is 0 Å². The highest BCUT2D eigenvalue weighted by Gasteiger charge is 2.24. The van der Waals surface area contributed by atoms with Crippen LogP contribution in [0.5, 0.6) is 23.0 Å². The van der Waals surface area contributed by atoms with Gasteiger partial charge in [0.1, 0.15) is 0 Å². The van der Waals surface area contributed by atoms with Crippen LogP contribution >= 0.6 is 0 Å². The molecule has 0 aliphatic rings. The molecule has 386 valence electrons. The summed E-state index contributed by atoms with van der Waals surface area (Å²) >= 11 is 0. The molecule has 0 atom stereocenters. The molecular formula is C60H110O6. The van der Waals surface area contributed by atoms with Crippen LogP contribution in [-0.4, -0.2) is 38.5 Å². The number of benzene rings is 1. The first-order valence-electron chi connectivity index (χ1n) is 29.1.